The van der Waals surface area contributed by atoms with Gasteiger partial charge in [-0.3, -0.25) is 9.59 Å². The Balaban J connectivity index is 1.53. The highest BCUT2D eigenvalue weighted by molar-refractivity contribution is 8.26. The number of nitrogens with one attached hydrogen (secondary N) is 2. The fourth-order valence-corrected chi connectivity index (χ4v) is 4.20. The third kappa shape index (κ3) is 5.68. The van der Waals surface area contributed by atoms with Crippen molar-refractivity contribution in [2.24, 2.45) is 0 Å². The molecule has 0 bridgehead atoms. The average molecular weight is 432 g/mol. The molecule has 1 aromatic carbocycles. The predicted octanol–water partition coefficient (Wildman–Crippen LogP) is 2.92. The van der Waals surface area contributed by atoms with Crippen LogP contribution in [0.1, 0.15) is 36.2 Å². The highest BCUT2D eigenvalue weighted by atomic mass is 32.2. The van der Waals surface area contributed by atoms with Crippen LogP contribution in [0.25, 0.3) is 5.76 Å². The van der Waals surface area contributed by atoms with Crippen molar-refractivity contribution < 1.29 is 14.3 Å². The SMILES string of the molecule is CCN(CC)CCNC(=O)c1ccc(C2=CCC(/C=C3\SC(=S)NC3=O)O2)cc1. The maximum Gasteiger partial charge on any atom is 0.263 e. The molecule has 0 radical (unpaired) electrons. The van der Waals surface area contributed by atoms with E-state index in [1.54, 1.807) is 18.2 Å². The predicted molar refractivity (Wildman–Crippen MR) is 120 cm³/mol. The molecule has 0 saturated carbocycles. The molecule has 1 saturated heterocycles. The molecule has 2 aliphatic rings. The number of thiocarbonyl (C=S) groups is 1. The number of rotatable bonds is 8. The summed E-state index contributed by atoms with van der Waals surface area (Å²) in [4.78, 5) is 26.9. The molecule has 0 aliphatic carbocycles. The smallest absolute Gasteiger partial charge is 0.263 e. The summed E-state index contributed by atoms with van der Waals surface area (Å²) in [7, 11) is 0. The fourth-order valence-electron chi connectivity index (χ4n) is 3.13. The van der Waals surface area contributed by atoms with Crippen LogP contribution in [0, 0.1) is 0 Å². The monoisotopic (exact) mass is 431 g/mol. The zero-order valence-corrected chi connectivity index (χ0v) is 18.2. The fraction of sp³-hybridized carbons (Fsp3) is 0.381. The maximum absolute atomic E-state index is 12.3. The van der Waals surface area contributed by atoms with Crippen LogP contribution >= 0.6 is 24.0 Å². The molecule has 1 fully saturated rings. The summed E-state index contributed by atoms with van der Waals surface area (Å²) in [5, 5.41) is 5.56. The minimum absolute atomic E-state index is 0.0760. The lowest BCUT2D eigenvalue weighted by Gasteiger charge is -2.18. The van der Waals surface area contributed by atoms with Crippen molar-refractivity contribution in [1.29, 1.82) is 0 Å². The third-order valence-electron chi connectivity index (χ3n) is 4.83. The molecule has 1 unspecified atom stereocenters. The van der Waals surface area contributed by atoms with Crippen molar-refractivity contribution in [2.45, 2.75) is 26.4 Å². The standard InChI is InChI=1S/C21H25N3O3S2/c1-3-24(4-2)12-11-22-19(25)15-7-5-14(6-8-15)17-10-9-16(27-17)13-18-20(26)23-21(28)29-18/h5-8,10,13,16H,3-4,9,11-12H2,1-2H3,(H,22,25)(H,23,26,28)/b18-13-. The molecule has 0 aromatic heterocycles. The van der Waals surface area contributed by atoms with Gasteiger partial charge in [-0.1, -0.05) is 50.0 Å². The third-order valence-corrected chi connectivity index (χ3v) is 6.01. The highest BCUT2D eigenvalue weighted by Crippen LogP contribution is 2.31. The molecule has 1 atom stereocenters. The van der Waals surface area contributed by atoms with E-state index in [0.717, 1.165) is 31.0 Å². The Kier molecular flexibility index (Phi) is 7.46. The van der Waals surface area contributed by atoms with E-state index in [0.29, 0.717) is 27.8 Å². The van der Waals surface area contributed by atoms with E-state index in [1.807, 2.05) is 18.2 Å². The lowest BCUT2D eigenvalue weighted by atomic mass is 10.1. The van der Waals surface area contributed by atoms with Crippen LogP contribution in [0.5, 0.6) is 0 Å². The Morgan fingerprint density at radius 3 is 2.69 bits per heavy atom. The molecule has 2 heterocycles. The number of ether oxygens (including phenoxy) is 1. The quantitative estimate of drug-likeness (QED) is 0.487. The van der Waals surface area contributed by atoms with Gasteiger partial charge in [-0.15, -0.1) is 0 Å². The average Bonchev–Trinajstić information content (AvgIpc) is 3.31. The first-order chi connectivity index (χ1) is 14.0. The summed E-state index contributed by atoms with van der Waals surface area (Å²) in [5.74, 6) is 0.507. The van der Waals surface area contributed by atoms with Gasteiger partial charge >= 0.3 is 0 Å². The lowest BCUT2D eigenvalue weighted by molar-refractivity contribution is -0.115. The second-order valence-corrected chi connectivity index (χ2v) is 8.41. The minimum Gasteiger partial charge on any atom is -0.486 e. The van der Waals surface area contributed by atoms with Crippen molar-refractivity contribution in [3.8, 4) is 0 Å². The number of thioether (sulfide) groups is 1. The number of likely N-dealkylation sites (N-methyl/N-ethyl adjacent to an activating group) is 1. The Morgan fingerprint density at radius 2 is 2.07 bits per heavy atom. The molecule has 154 valence electrons. The Morgan fingerprint density at radius 1 is 1.34 bits per heavy atom. The molecule has 8 heteroatoms. The number of carbonyl (C=O) groups is 2. The van der Waals surface area contributed by atoms with Crippen molar-refractivity contribution in [1.82, 2.24) is 15.5 Å². The first-order valence-electron chi connectivity index (χ1n) is 9.73. The van der Waals surface area contributed by atoms with E-state index in [-0.39, 0.29) is 17.9 Å². The normalized spacial score (nSPS) is 20.0. The second kappa shape index (κ2) is 10.0. The van der Waals surface area contributed by atoms with Gasteiger partial charge in [0.2, 0.25) is 0 Å². The number of carbonyl (C=O) groups excluding carboxylic acids is 2. The van der Waals surface area contributed by atoms with E-state index in [1.165, 1.54) is 11.8 Å². The van der Waals surface area contributed by atoms with Gasteiger partial charge < -0.3 is 20.3 Å². The molecule has 29 heavy (non-hydrogen) atoms. The molecule has 6 nitrogen and oxygen atoms in total. The van der Waals surface area contributed by atoms with Crippen molar-refractivity contribution in [2.75, 3.05) is 26.2 Å². The number of nitrogens with zero attached hydrogens (tertiary/aromatic N) is 1. The van der Waals surface area contributed by atoms with Gasteiger partial charge in [0.25, 0.3) is 11.8 Å². The van der Waals surface area contributed by atoms with Crippen LogP contribution < -0.4 is 10.6 Å². The highest BCUT2D eigenvalue weighted by Gasteiger charge is 2.26. The summed E-state index contributed by atoms with van der Waals surface area (Å²) in [6, 6.07) is 7.37. The summed E-state index contributed by atoms with van der Waals surface area (Å²) in [5.41, 5.74) is 1.53. The zero-order chi connectivity index (χ0) is 20.8. The topological polar surface area (TPSA) is 70.7 Å². The zero-order valence-electron chi connectivity index (χ0n) is 16.6. The molecule has 2 amide bonds. The van der Waals surface area contributed by atoms with Crippen LogP contribution in [0.2, 0.25) is 0 Å². The molecule has 2 aliphatic heterocycles. The van der Waals surface area contributed by atoms with Crippen molar-refractivity contribution >= 4 is 45.9 Å². The van der Waals surface area contributed by atoms with Gasteiger partial charge in [-0.2, -0.15) is 0 Å². The Bertz CT molecular complexity index is 845. The van der Waals surface area contributed by atoms with Crippen LogP contribution in [-0.2, 0) is 9.53 Å². The number of benzene rings is 1. The molecule has 3 rings (SSSR count). The number of hydrogen-bond donors (Lipinski definition) is 2. The molecule has 0 spiro atoms. The van der Waals surface area contributed by atoms with Gasteiger partial charge in [-0.05, 0) is 37.4 Å². The first-order valence-corrected chi connectivity index (χ1v) is 11.0. The second-order valence-electron chi connectivity index (χ2n) is 6.70. The van der Waals surface area contributed by atoms with Crippen molar-refractivity contribution in [3.63, 3.8) is 0 Å². The summed E-state index contributed by atoms with van der Waals surface area (Å²) < 4.78 is 6.42. The molecule has 2 N–H and O–H groups in total. The van der Waals surface area contributed by atoms with E-state index in [9.17, 15) is 9.59 Å². The van der Waals surface area contributed by atoms with E-state index >= 15 is 0 Å². The summed E-state index contributed by atoms with van der Waals surface area (Å²) in [6.07, 6.45) is 4.30. The Labute approximate surface area is 180 Å². The van der Waals surface area contributed by atoms with Gasteiger partial charge in [0.05, 0.1) is 4.91 Å². The van der Waals surface area contributed by atoms with Crippen molar-refractivity contribution in [3.05, 3.63) is 52.4 Å². The van der Waals surface area contributed by atoms with Crippen LogP contribution in [0.4, 0.5) is 0 Å². The minimum atomic E-state index is -0.192. The van der Waals surface area contributed by atoms with Crippen LogP contribution in [-0.4, -0.2) is 53.3 Å². The van der Waals surface area contributed by atoms with Crippen LogP contribution in [0.3, 0.4) is 0 Å². The van der Waals surface area contributed by atoms with Gasteiger partial charge in [0.1, 0.15) is 16.2 Å². The van der Waals surface area contributed by atoms with E-state index in [4.69, 9.17) is 17.0 Å². The first kappa shape index (κ1) is 21.5. The van der Waals surface area contributed by atoms with Gasteiger partial charge in [-0.25, -0.2) is 0 Å². The molecular formula is C21H25N3O3S2. The molecular weight excluding hydrogens is 406 g/mol. The van der Waals surface area contributed by atoms with Gasteiger partial charge in [0, 0.05) is 30.6 Å². The number of amides is 2. The van der Waals surface area contributed by atoms with Gasteiger partial charge in [0.15, 0.2) is 0 Å². The van der Waals surface area contributed by atoms with Crippen LogP contribution in [0.15, 0.2) is 41.3 Å². The largest absolute Gasteiger partial charge is 0.486 e. The molecule has 1 aromatic rings. The van der Waals surface area contributed by atoms with E-state index < -0.39 is 0 Å². The maximum atomic E-state index is 12.3. The summed E-state index contributed by atoms with van der Waals surface area (Å²) in [6.45, 7) is 7.65. The summed E-state index contributed by atoms with van der Waals surface area (Å²) >= 11 is 6.25. The Hall–Kier alpha value is -2.16. The van der Waals surface area contributed by atoms with E-state index in [2.05, 4.69) is 29.4 Å². The lowest BCUT2D eigenvalue weighted by Crippen LogP contribution is -2.34. The number of hydrogen-bond acceptors (Lipinski definition) is 6.